The lowest BCUT2D eigenvalue weighted by Crippen LogP contribution is -2.35. The molecule has 1 saturated heterocycles. The molecule has 1 fully saturated rings. The largest absolute Gasteiger partial charge is 0.469 e. The van der Waals surface area contributed by atoms with E-state index in [-0.39, 0.29) is 0 Å². The van der Waals surface area contributed by atoms with Crippen LogP contribution in [-0.2, 0) is 6.42 Å². The van der Waals surface area contributed by atoms with Crippen molar-refractivity contribution in [2.45, 2.75) is 45.7 Å². The minimum absolute atomic E-state index is 0.584. The molecule has 2 atom stereocenters. The Hall–Kier alpha value is -0.800. The summed E-state index contributed by atoms with van der Waals surface area (Å²) in [4.78, 5) is 2.59. The van der Waals surface area contributed by atoms with Gasteiger partial charge in [0, 0.05) is 25.0 Å². The summed E-state index contributed by atoms with van der Waals surface area (Å²) in [5, 5.41) is 3.55. The van der Waals surface area contributed by atoms with Crippen molar-refractivity contribution in [2.75, 3.05) is 19.6 Å². The first-order valence-corrected chi connectivity index (χ1v) is 7.15. The van der Waals surface area contributed by atoms with E-state index in [4.69, 9.17) is 4.42 Å². The molecule has 0 radical (unpaired) electrons. The molecule has 1 aromatic rings. The van der Waals surface area contributed by atoms with Crippen LogP contribution >= 0.6 is 0 Å². The number of nitrogens with one attached hydrogen (secondary N) is 1. The number of rotatable bonds is 6. The average Bonchev–Trinajstić information content (AvgIpc) is 2.96. The van der Waals surface area contributed by atoms with Crippen molar-refractivity contribution in [1.29, 1.82) is 0 Å². The summed E-state index contributed by atoms with van der Waals surface area (Å²) in [6.07, 6.45) is 4.11. The van der Waals surface area contributed by atoms with Crippen LogP contribution in [-0.4, -0.2) is 36.6 Å². The molecule has 0 saturated carbocycles. The van der Waals surface area contributed by atoms with E-state index in [2.05, 4.69) is 37.1 Å². The second-order valence-corrected chi connectivity index (χ2v) is 5.85. The molecule has 0 bridgehead atoms. The third kappa shape index (κ3) is 3.85. The molecule has 2 unspecified atom stereocenters. The van der Waals surface area contributed by atoms with Crippen molar-refractivity contribution < 1.29 is 4.42 Å². The van der Waals surface area contributed by atoms with Crippen molar-refractivity contribution in [2.24, 2.45) is 5.92 Å². The molecule has 3 heteroatoms. The molecule has 1 aromatic heterocycles. The number of hydrogen-bond donors (Lipinski definition) is 1. The number of likely N-dealkylation sites (tertiary alicyclic amines) is 1. The minimum atomic E-state index is 0.584. The van der Waals surface area contributed by atoms with Gasteiger partial charge >= 0.3 is 0 Å². The van der Waals surface area contributed by atoms with Crippen LogP contribution in [0.4, 0.5) is 0 Å². The summed E-state index contributed by atoms with van der Waals surface area (Å²) >= 11 is 0. The molecular formula is C15H26N2O. The third-order valence-corrected chi connectivity index (χ3v) is 3.83. The van der Waals surface area contributed by atoms with E-state index in [1.165, 1.54) is 19.5 Å². The van der Waals surface area contributed by atoms with Gasteiger partial charge in [0.1, 0.15) is 5.76 Å². The highest BCUT2D eigenvalue weighted by atomic mass is 16.3. The monoisotopic (exact) mass is 250 g/mol. The smallest absolute Gasteiger partial charge is 0.105 e. The normalized spacial score (nSPS) is 22.8. The zero-order valence-corrected chi connectivity index (χ0v) is 11.9. The topological polar surface area (TPSA) is 28.4 Å². The second-order valence-electron chi connectivity index (χ2n) is 5.85. The zero-order chi connectivity index (χ0) is 13.0. The summed E-state index contributed by atoms with van der Waals surface area (Å²) in [6.45, 7) is 10.3. The van der Waals surface area contributed by atoms with Crippen LogP contribution in [0.2, 0.25) is 0 Å². The van der Waals surface area contributed by atoms with Crippen molar-refractivity contribution in [3.8, 4) is 0 Å². The van der Waals surface area contributed by atoms with Gasteiger partial charge in [-0.25, -0.2) is 0 Å². The Balaban J connectivity index is 1.74. The van der Waals surface area contributed by atoms with Crippen molar-refractivity contribution in [3.05, 3.63) is 24.2 Å². The van der Waals surface area contributed by atoms with Crippen LogP contribution in [0.25, 0.3) is 0 Å². The summed E-state index contributed by atoms with van der Waals surface area (Å²) in [5.74, 6) is 1.91. The standard InChI is InChI=1S/C15H26N2O/c1-12(2)16-10-14-6-7-17(11-14)13(3)9-15-5-4-8-18-15/h4-5,8,12-14,16H,6-7,9-11H2,1-3H3. The van der Waals surface area contributed by atoms with E-state index in [1.54, 1.807) is 6.26 Å². The maximum absolute atomic E-state index is 5.43. The third-order valence-electron chi connectivity index (χ3n) is 3.83. The van der Waals surface area contributed by atoms with Gasteiger partial charge in [0.15, 0.2) is 0 Å². The van der Waals surface area contributed by atoms with Crippen LogP contribution in [0, 0.1) is 5.92 Å². The SMILES string of the molecule is CC(C)NCC1CCN(C(C)Cc2ccco2)C1. The lowest BCUT2D eigenvalue weighted by Gasteiger charge is -2.23. The zero-order valence-electron chi connectivity index (χ0n) is 11.9. The van der Waals surface area contributed by atoms with Gasteiger partial charge in [-0.3, -0.25) is 4.90 Å². The Bertz CT molecular complexity index is 334. The molecule has 1 aliphatic rings. The van der Waals surface area contributed by atoms with E-state index in [9.17, 15) is 0 Å². The fraction of sp³-hybridized carbons (Fsp3) is 0.733. The molecule has 0 aliphatic carbocycles. The number of hydrogen-bond acceptors (Lipinski definition) is 3. The molecule has 2 heterocycles. The van der Waals surface area contributed by atoms with Gasteiger partial charge < -0.3 is 9.73 Å². The Morgan fingerprint density at radius 3 is 2.94 bits per heavy atom. The van der Waals surface area contributed by atoms with E-state index < -0.39 is 0 Å². The Labute approximate surface area is 111 Å². The van der Waals surface area contributed by atoms with Gasteiger partial charge in [-0.1, -0.05) is 13.8 Å². The molecule has 1 N–H and O–H groups in total. The van der Waals surface area contributed by atoms with E-state index in [1.807, 2.05) is 6.07 Å². The van der Waals surface area contributed by atoms with Gasteiger partial charge in [0.2, 0.25) is 0 Å². The molecular weight excluding hydrogens is 224 g/mol. The fourth-order valence-electron chi connectivity index (χ4n) is 2.68. The Morgan fingerprint density at radius 2 is 2.28 bits per heavy atom. The van der Waals surface area contributed by atoms with E-state index >= 15 is 0 Å². The highest BCUT2D eigenvalue weighted by molar-refractivity contribution is 5.00. The summed E-state index contributed by atoms with van der Waals surface area (Å²) < 4.78 is 5.43. The second kappa shape index (κ2) is 6.39. The quantitative estimate of drug-likeness (QED) is 0.841. The van der Waals surface area contributed by atoms with E-state index in [0.29, 0.717) is 12.1 Å². The van der Waals surface area contributed by atoms with Crippen molar-refractivity contribution >= 4 is 0 Å². The molecule has 102 valence electrons. The summed E-state index contributed by atoms with van der Waals surface area (Å²) in [5.41, 5.74) is 0. The average molecular weight is 250 g/mol. The lowest BCUT2D eigenvalue weighted by molar-refractivity contribution is 0.237. The number of furan rings is 1. The maximum Gasteiger partial charge on any atom is 0.105 e. The van der Waals surface area contributed by atoms with Crippen LogP contribution in [0.15, 0.2) is 22.8 Å². The van der Waals surface area contributed by atoms with Crippen LogP contribution in [0.5, 0.6) is 0 Å². The minimum Gasteiger partial charge on any atom is -0.469 e. The summed E-state index contributed by atoms with van der Waals surface area (Å²) in [6, 6.07) is 5.23. The predicted molar refractivity (Wildman–Crippen MR) is 74.7 cm³/mol. The first-order chi connectivity index (χ1) is 8.65. The lowest BCUT2D eigenvalue weighted by atomic mass is 10.1. The molecule has 0 aromatic carbocycles. The van der Waals surface area contributed by atoms with Crippen LogP contribution < -0.4 is 5.32 Å². The van der Waals surface area contributed by atoms with Gasteiger partial charge in [-0.05, 0) is 44.5 Å². The summed E-state index contributed by atoms with van der Waals surface area (Å²) in [7, 11) is 0. The molecule has 2 rings (SSSR count). The maximum atomic E-state index is 5.43. The van der Waals surface area contributed by atoms with Crippen LogP contribution in [0.3, 0.4) is 0 Å². The van der Waals surface area contributed by atoms with Crippen LogP contribution in [0.1, 0.15) is 33.0 Å². The highest BCUT2D eigenvalue weighted by Crippen LogP contribution is 2.20. The van der Waals surface area contributed by atoms with E-state index in [0.717, 1.165) is 24.6 Å². The van der Waals surface area contributed by atoms with Gasteiger partial charge in [0.25, 0.3) is 0 Å². The first kappa shape index (κ1) is 13.6. The molecule has 0 amide bonds. The number of nitrogens with zero attached hydrogens (tertiary/aromatic N) is 1. The highest BCUT2D eigenvalue weighted by Gasteiger charge is 2.26. The van der Waals surface area contributed by atoms with Gasteiger partial charge in [-0.15, -0.1) is 0 Å². The molecule has 0 spiro atoms. The predicted octanol–water partition coefficient (Wildman–Crippen LogP) is 2.53. The molecule has 3 nitrogen and oxygen atoms in total. The van der Waals surface area contributed by atoms with Crippen molar-refractivity contribution in [3.63, 3.8) is 0 Å². The van der Waals surface area contributed by atoms with Gasteiger partial charge in [0.05, 0.1) is 6.26 Å². The first-order valence-electron chi connectivity index (χ1n) is 7.15. The Kier molecular flexibility index (Phi) is 4.84. The van der Waals surface area contributed by atoms with Crippen molar-refractivity contribution in [1.82, 2.24) is 10.2 Å². The molecule has 1 aliphatic heterocycles. The fourth-order valence-corrected chi connectivity index (χ4v) is 2.68. The molecule has 18 heavy (non-hydrogen) atoms. The Morgan fingerprint density at radius 1 is 1.44 bits per heavy atom. The van der Waals surface area contributed by atoms with Gasteiger partial charge in [-0.2, -0.15) is 0 Å².